The van der Waals surface area contributed by atoms with Crippen LogP contribution in [0.15, 0.2) is 151 Å². The summed E-state index contributed by atoms with van der Waals surface area (Å²) in [7, 11) is 3.31. The van der Waals surface area contributed by atoms with Crippen LogP contribution >= 0.6 is 6.89 Å². The molecule has 0 aliphatic heterocycles. The topological polar surface area (TPSA) is 88.1 Å². The number of ether oxygens (including phenoxy) is 4. The summed E-state index contributed by atoms with van der Waals surface area (Å²) in [5, 5.41) is 4.36. The van der Waals surface area contributed by atoms with Gasteiger partial charge < -0.3 is 23.7 Å². The number of carbonyl (C=O) groups is 3. The third-order valence-corrected chi connectivity index (χ3v) is 19.6. The molecule has 2 aliphatic rings. The van der Waals surface area contributed by atoms with Crippen LogP contribution in [0.3, 0.4) is 0 Å². The lowest BCUT2D eigenvalue weighted by atomic mass is 9.75. The molecule has 0 aromatic heterocycles. The Kier molecular flexibility index (Phi) is 23.6. The molecule has 8 atom stereocenters. The highest BCUT2D eigenvalue weighted by Crippen LogP contribution is 2.47. The van der Waals surface area contributed by atoms with Crippen molar-refractivity contribution in [2.45, 2.75) is 133 Å². The first-order valence-corrected chi connectivity index (χ1v) is 29.0. The molecular weight excluding hydrogens is 936 g/mol. The smallest absolute Gasteiger partial charge is 0.335 e. The van der Waals surface area contributed by atoms with Gasteiger partial charge in [0.2, 0.25) is 0 Å². The van der Waals surface area contributed by atoms with Gasteiger partial charge in [0.25, 0.3) is 0 Å². The van der Waals surface area contributed by atoms with E-state index in [2.05, 4.69) is 133 Å². The molecule has 0 N–H and O–H groups in total. The van der Waals surface area contributed by atoms with E-state index in [0.29, 0.717) is 35.5 Å². The predicted molar refractivity (Wildman–Crippen MR) is 310 cm³/mol. The maximum atomic E-state index is 14.0. The summed E-state index contributed by atoms with van der Waals surface area (Å²) < 4.78 is 22.6. The number of benzene rings is 5. The maximum absolute atomic E-state index is 14.0. The van der Waals surface area contributed by atoms with E-state index >= 15 is 0 Å². The number of hydrogen-bond acceptors (Lipinski definition) is 7. The molecule has 0 bridgehead atoms. The van der Waals surface area contributed by atoms with Crippen molar-refractivity contribution in [3.8, 4) is 11.5 Å². The standard InChI is InChI=1S/C31H37O2P.C24H36O3.C11H14O2/c1-23(2)29-21-20-24(3)22-30(29)33-31(32)25(4)34(26-14-8-5-9-15-26,27-16-10-6-11-17-27)28-18-12-7-13-19-28;1-16(2)22-12-7-17(3)15-23(22)27-24(25)19(5)13-18(4)14-20-8-10-21(26-6)11-9-20;1-9(8-12)7-10-3-5-11(13-2)6-4-10/h5-19,23-24,29-30H,20-22H2,1-4H3;8-11,13,16-18,22-23H,7,12,14-15H2,1-6H3;3-6,8-9H,7H2,1-2H3/b;19-13+;/t24-,29+,30-;17-,18-,22+,23-;9-/m110/s1. The number of aldehydes is 1. The Hall–Kier alpha value is -5.65. The molecule has 5 aromatic carbocycles. The Bertz CT molecular complexity index is 2450. The molecule has 7 nitrogen and oxygen atoms in total. The first kappa shape index (κ1) is 59.2. The normalized spacial score (nSPS) is 20.6. The molecule has 0 heterocycles. The minimum absolute atomic E-state index is 0.0181. The predicted octanol–water partition coefficient (Wildman–Crippen LogP) is 14.1. The Morgan fingerprint density at radius 2 is 0.892 bits per heavy atom. The molecule has 2 saturated carbocycles. The second kappa shape index (κ2) is 29.4. The average molecular weight is 1020 g/mol. The van der Waals surface area contributed by atoms with E-state index < -0.39 is 6.89 Å². The second-order valence-electron chi connectivity index (χ2n) is 21.8. The Balaban J connectivity index is 0.000000225. The van der Waals surface area contributed by atoms with E-state index in [1.165, 1.54) is 39.9 Å². The van der Waals surface area contributed by atoms with Gasteiger partial charge in [-0.1, -0.05) is 190 Å². The molecule has 0 unspecified atom stereocenters. The maximum Gasteiger partial charge on any atom is 0.335 e. The average Bonchev–Trinajstić information content (AvgIpc) is 3.40. The monoisotopic (exact) mass is 1020 g/mol. The highest BCUT2D eigenvalue weighted by Gasteiger charge is 2.37. The van der Waals surface area contributed by atoms with Crippen molar-refractivity contribution in [1.29, 1.82) is 0 Å². The number of rotatable bonds is 17. The first-order chi connectivity index (χ1) is 35.5. The van der Waals surface area contributed by atoms with Crippen LogP contribution in [0, 0.1) is 47.3 Å². The molecule has 0 amide bonds. The van der Waals surface area contributed by atoms with Gasteiger partial charge in [-0.05, 0) is 152 Å². The number of esters is 2. The van der Waals surface area contributed by atoms with Crippen LogP contribution < -0.4 is 25.4 Å². The minimum atomic E-state index is -2.38. The van der Waals surface area contributed by atoms with Crippen LogP contribution in [0.4, 0.5) is 0 Å². The van der Waals surface area contributed by atoms with Gasteiger partial charge in [0.1, 0.15) is 30.0 Å². The molecule has 74 heavy (non-hydrogen) atoms. The first-order valence-electron chi connectivity index (χ1n) is 27.2. The van der Waals surface area contributed by atoms with Crippen LogP contribution in [-0.2, 0) is 36.7 Å². The van der Waals surface area contributed by atoms with Crippen molar-refractivity contribution in [1.82, 2.24) is 0 Å². The van der Waals surface area contributed by atoms with E-state index in [9.17, 15) is 14.4 Å². The molecule has 2 fully saturated rings. The molecule has 0 saturated heterocycles. The zero-order valence-corrected chi connectivity index (χ0v) is 47.6. The van der Waals surface area contributed by atoms with Crippen LogP contribution in [0.25, 0.3) is 0 Å². The molecule has 2 aliphatic carbocycles. The molecule has 0 radical (unpaired) electrons. The Morgan fingerprint density at radius 3 is 1.24 bits per heavy atom. The summed E-state index contributed by atoms with van der Waals surface area (Å²) in [4.78, 5) is 37.1. The van der Waals surface area contributed by atoms with Gasteiger partial charge in [0, 0.05) is 16.8 Å². The van der Waals surface area contributed by atoms with Crippen molar-refractivity contribution >= 4 is 46.3 Å². The van der Waals surface area contributed by atoms with Gasteiger partial charge in [-0.15, -0.1) is 0 Å². The third-order valence-electron chi connectivity index (χ3n) is 15.2. The van der Waals surface area contributed by atoms with Crippen molar-refractivity contribution in [3.05, 3.63) is 162 Å². The largest absolute Gasteiger partial charge is 0.497 e. The summed E-state index contributed by atoms with van der Waals surface area (Å²) in [6, 6.07) is 47.5. The minimum Gasteiger partial charge on any atom is -0.497 e. The lowest BCUT2D eigenvalue weighted by Gasteiger charge is -2.37. The third kappa shape index (κ3) is 16.7. The van der Waals surface area contributed by atoms with E-state index in [0.717, 1.165) is 67.2 Å². The molecule has 8 heteroatoms. The fourth-order valence-corrected chi connectivity index (χ4v) is 15.2. The molecule has 7 rings (SSSR count). The molecule has 398 valence electrons. The summed E-state index contributed by atoms with van der Waals surface area (Å²) in [5.41, 5.74) is 3.12. The van der Waals surface area contributed by atoms with Gasteiger partial charge in [0.05, 0.1) is 14.2 Å². The van der Waals surface area contributed by atoms with Crippen LogP contribution in [0.5, 0.6) is 11.5 Å². The Morgan fingerprint density at radius 1 is 0.527 bits per heavy atom. The zero-order valence-electron chi connectivity index (χ0n) is 46.7. The highest BCUT2D eigenvalue weighted by atomic mass is 31.2. The van der Waals surface area contributed by atoms with E-state index in [1.807, 2.05) is 81.4 Å². The second-order valence-corrected chi connectivity index (χ2v) is 25.4. The molecule has 5 aromatic rings. The van der Waals surface area contributed by atoms with Gasteiger partial charge in [-0.25, -0.2) is 9.59 Å². The fraction of sp³-hybridized carbons (Fsp3) is 0.455. The lowest BCUT2D eigenvalue weighted by Crippen LogP contribution is -2.39. The summed E-state index contributed by atoms with van der Waals surface area (Å²) in [6.45, 7) is 19.1. The van der Waals surface area contributed by atoms with E-state index in [-0.39, 0.29) is 36.0 Å². The number of hydrogen-bond donors (Lipinski definition) is 0. The van der Waals surface area contributed by atoms with Gasteiger partial charge in [-0.2, -0.15) is 0 Å². The summed E-state index contributed by atoms with van der Waals surface area (Å²) in [6.07, 6.45) is 11.4. The number of methoxy groups -OCH3 is 2. The van der Waals surface area contributed by atoms with Gasteiger partial charge >= 0.3 is 11.9 Å². The number of carbonyl (C=O) groups excluding carboxylic acids is 3. The van der Waals surface area contributed by atoms with Crippen LogP contribution in [0.1, 0.15) is 119 Å². The lowest BCUT2D eigenvalue weighted by molar-refractivity contribution is -0.151. The molecule has 0 spiro atoms. The van der Waals surface area contributed by atoms with Gasteiger partial charge in [-0.3, -0.25) is 0 Å². The van der Waals surface area contributed by atoms with Crippen molar-refractivity contribution < 1.29 is 33.3 Å². The Labute approximate surface area is 445 Å². The number of allylic oxidation sites excluding steroid dienone is 1. The fourth-order valence-electron chi connectivity index (χ4n) is 10.9. The van der Waals surface area contributed by atoms with Gasteiger partial charge in [0.15, 0.2) is 0 Å². The summed E-state index contributed by atoms with van der Waals surface area (Å²) in [5.74, 6) is 4.96. The van der Waals surface area contributed by atoms with Crippen LogP contribution in [-0.4, -0.2) is 49.9 Å². The highest BCUT2D eigenvalue weighted by molar-refractivity contribution is 7.96. The summed E-state index contributed by atoms with van der Waals surface area (Å²) >= 11 is 0. The van der Waals surface area contributed by atoms with Crippen molar-refractivity contribution in [2.75, 3.05) is 14.2 Å². The quantitative estimate of drug-likeness (QED) is 0.0397. The molecular formula is C66H87O7P. The van der Waals surface area contributed by atoms with Crippen molar-refractivity contribution in [3.63, 3.8) is 0 Å². The van der Waals surface area contributed by atoms with Crippen LogP contribution in [0.2, 0.25) is 0 Å². The van der Waals surface area contributed by atoms with E-state index in [4.69, 9.17) is 18.9 Å². The SMILES string of the molecule is CC(C(=O)O[C@@H]1C[C@H](C)CC[C@H]1C(C)C)=P(c1ccccc1)(c1ccccc1)c1ccccc1.COc1ccc(C[C@H](C)/C=C(\C)C(=O)O[C@@H]2C[C@H](C)CC[C@H]2C(C)C)cc1.COc1ccc(C[C@H](C)C=O)cc1. The van der Waals surface area contributed by atoms with E-state index in [1.54, 1.807) is 14.2 Å². The zero-order chi connectivity index (χ0) is 53.8. The van der Waals surface area contributed by atoms with Crippen molar-refractivity contribution in [2.24, 2.45) is 47.3 Å².